The largest absolute Gasteiger partial charge is 0.338 e. The first-order valence-corrected chi connectivity index (χ1v) is 9.55. The Kier molecular flexibility index (Phi) is 6.26. The van der Waals surface area contributed by atoms with Crippen LogP contribution in [-0.4, -0.2) is 36.6 Å². The molecule has 0 saturated carbocycles. The van der Waals surface area contributed by atoms with Gasteiger partial charge in [-0.15, -0.1) is 0 Å². The predicted molar refractivity (Wildman–Crippen MR) is 99.3 cm³/mol. The van der Waals surface area contributed by atoms with Gasteiger partial charge in [-0.1, -0.05) is 30.3 Å². The fourth-order valence-electron chi connectivity index (χ4n) is 3.11. The molecule has 2 heterocycles. The normalized spacial score (nSPS) is 17.8. The number of hydrogen-bond acceptors (Lipinski definition) is 3. The third kappa shape index (κ3) is 5.35. The molecule has 1 aliphatic rings. The van der Waals surface area contributed by atoms with Crippen LogP contribution in [0.25, 0.3) is 0 Å². The summed E-state index contributed by atoms with van der Waals surface area (Å²) in [5.74, 6) is 0. The highest BCUT2D eigenvalue weighted by molar-refractivity contribution is 7.07. The zero-order valence-corrected chi connectivity index (χ0v) is 14.7. The molecule has 1 aromatic carbocycles. The van der Waals surface area contributed by atoms with E-state index in [9.17, 15) is 4.79 Å². The lowest BCUT2D eigenvalue weighted by atomic mass is 10.1. The predicted octanol–water partition coefficient (Wildman–Crippen LogP) is 3.25. The number of nitrogens with zero attached hydrogens (tertiary/aromatic N) is 1. The van der Waals surface area contributed by atoms with Crippen molar-refractivity contribution in [3.05, 3.63) is 58.3 Å². The molecule has 0 spiro atoms. The van der Waals surface area contributed by atoms with Crippen molar-refractivity contribution in [3.63, 3.8) is 0 Å². The summed E-state index contributed by atoms with van der Waals surface area (Å²) in [5, 5.41) is 10.4. The number of hydrogen-bond donors (Lipinski definition) is 2. The van der Waals surface area contributed by atoms with Gasteiger partial charge in [0, 0.05) is 32.2 Å². The first-order valence-electron chi connectivity index (χ1n) is 8.61. The molecule has 2 amide bonds. The highest BCUT2D eigenvalue weighted by Crippen LogP contribution is 2.15. The minimum atomic E-state index is -0.0366. The summed E-state index contributed by atoms with van der Waals surface area (Å²) < 4.78 is 0. The number of carbonyl (C=O) groups is 1. The van der Waals surface area contributed by atoms with Crippen LogP contribution in [0.15, 0.2) is 47.2 Å². The van der Waals surface area contributed by atoms with Crippen LogP contribution in [0.2, 0.25) is 0 Å². The average molecular weight is 343 g/mol. The van der Waals surface area contributed by atoms with E-state index in [1.54, 1.807) is 11.3 Å². The molecule has 5 heteroatoms. The third-order valence-corrected chi connectivity index (χ3v) is 5.10. The molecule has 3 rings (SSSR count). The monoisotopic (exact) mass is 343 g/mol. The molecule has 0 aliphatic carbocycles. The molecular weight excluding hydrogens is 318 g/mol. The van der Waals surface area contributed by atoms with Gasteiger partial charge in [-0.25, -0.2) is 4.79 Å². The Bertz CT molecular complexity index is 615. The van der Waals surface area contributed by atoms with Crippen LogP contribution in [0.1, 0.15) is 24.0 Å². The molecule has 1 aliphatic heterocycles. The second-order valence-corrected chi connectivity index (χ2v) is 7.12. The molecule has 0 bridgehead atoms. The molecule has 1 fully saturated rings. The summed E-state index contributed by atoms with van der Waals surface area (Å²) in [4.78, 5) is 14.4. The summed E-state index contributed by atoms with van der Waals surface area (Å²) in [6.07, 6.45) is 2.99. The molecular formula is C19H25N3OS. The molecule has 0 radical (unpaired) electrons. The van der Waals surface area contributed by atoms with E-state index in [0.29, 0.717) is 6.54 Å². The van der Waals surface area contributed by atoms with Crippen molar-refractivity contribution in [1.29, 1.82) is 0 Å². The van der Waals surface area contributed by atoms with Crippen molar-refractivity contribution in [3.8, 4) is 0 Å². The van der Waals surface area contributed by atoms with Gasteiger partial charge in [0.25, 0.3) is 0 Å². The average Bonchev–Trinajstić information content (AvgIpc) is 3.25. The van der Waals surface area contributed by atoms with Gasteiger partial charge in [-0.3, -0.25) is 4.90 Å². The van der Waals surface area contributed by atoms with E-state index in [2.05, 4.69) is 56.6 Å². The van der Waals surface area contributed by atoms with Gasteiger partial charge < -0.3 is 10.6 Å². The Hall–Kier alpha value is -1.85. The Balaban J connectivity index is 1.29. The first kappa shape index (κ1) is 17.0. The van der Waals surface area contributed by atoms with Gasteiger partial charge in [0.15, 0.2) is 0 Å². The van der Waals surface area contributed by atoms with Crippen molar-refractivity contribution >= 4 is 17.4 Å². The van der Waals surface area contributed by atoms with Crippen LogP contribution in [0.5, 0.6) is 0 Å². The Morgan fingerprint density at radius 2 is 2.08 bits per heavy atom. The molecule has 1 saturated heterocycles. The van der Waals surface area contributed by atoms with Crippen LogP contribution in [0, 0.1) is 0 Å². The van der Waals surface area contributed by atoms with E-state index in [4.69, 9.17) is 0 Å². The first-order chi connectivity index (χ1) is 11.8. The quantitative estimate of drug-likeness (QED) is 0.758. The van der Waals surface area contributed by atoms with E-state index < -0.39 is 0 Å². The van der Waals surface area contributed by atoms with Crippen molar-refractivity contribution in [2.75, 3.05) is 19.6 Å². The number of urea groups is 1. The minimum absolute atomic E-state index is 0.0366. The van der Waals surface area contributed by atoms with Crippen LogP contribution in [0.4, 0.5) is 4.79 Å². The number of nitrogens with one attached hydrogen (secondary N) is 2. The number of thiophene rings is 1. The van der Waals surface area contributed by atoms with Gasteiger partial charge in [-0.05, 0) is 47.2 Å². The summed E-state index contributed by atoms with van der Waals surface area (Å²) in [6, 6.07) is 12.8. The number of aryl methyl sites for hydroxylation is 1. The SMILES string of the molecule is O=C(NCCCc1ccccc1)N[C@H]1CCN(Cc2ccsc2)C1. The van der Waals surface area contributed by atoms with Crippen LogP contribution >= 0.6 is 11.3 Å². The zero-order chi connectivity index (χ0) is 16.6. The lowest BCUT2D eigenvalue weighted by Crippen LogP contribution is -2.43. The van der Waals surface area contributed by atoms with E-state index in [0.717, 1.165) is 38.9 Å². The molecule has 4 nitrogen and oxygen atoms in total. The molecule has 24 heavy (non-hydrogen) atoms. The summed E-state index contributed by atoms with van der Waals surface area (Å²) >= 11 is 1.74. The molecule has 2 N–H and O–H groups in total. The maximum Gasteiger partial charge on any atom is 0.315 e. The summed E-state index contributed by atoms with van der Waals surface area (Å²) in [5.41, 5.74) is 2.69. The lowest BCUT2D eigenvalue weighted by Gasteiger charge is -2.16. The van der Waals surface area contributed by atoms with Crippen LogP contribution < -0.4 is 10.6 Å². The van der Waals surface area contributed by atoms with E-state index >= 15 is 0 Å². The van der Waals surface area contributed by atoms with Crippen molar-refractivity contribution in [1.82, 2.24) is 15.5 Å². The Morgan fingerprint density at radius 1 is 1.21 bits per heavy atom. The third-order valence-electron chi connectivity index (χ3n) is 4.36. The minimum Gasteiger partial charge on any atom is -0.338 e. The standard InChI is InChI=1S/C19H25N3OS/c23-19(20-10-4-7-16-5-2-1-3-6-16)21-18-8-11-22(14-18)13-17-9-12-24-15-17/h1-3,5-6,9,12,15,18H,4,7-8,10-11,13-14H2,(H2,20,21,23)/t18-/m0/s1. The highest BCUT2D eigenvalue weighted by atomic mass is 32.1. The zero-order valence-electron chi connectivity index (χ0n) is 13.9. The molecule has 1 atom stereocenters. The maximum absolute atomic E-state index is 12.0. The van der Waals surface area contributed by atoms with Gasteiger partial charge >= 0.3 is 6.03 Å². The number of rotatable bonds is 7. The molecule has 1 aromatic heterocycles. The van der Waals surface area contributed by atoms with Gasteiger partial charge in [-0.2, -0.15) is 11.3 Å². The number of carbonyl (C=O) groups excluding carboxylic acids is 1. The van der Waals surface area contributed by atoms with E-state index in [-0.39, 0.29) is 12.1 Å². The highest BCUT2D eigenvalue weighted by Gasteiger charge is 2.23. The Labute approximate surface area is 147 Å². The molecule has 128 valence electrons. The van der Waals surface area contributed by atoms with Crippen LogP contribution in [-0.2, 0) is 13.0 Å². The van der Waals surface area contributed by atoms with Crippen molar-refractivity contribution < 1.29 is 4.79 Å². The number of amides is 2. The van der Waals surface area contributed by atoms with Crippen molar-refractivity contribution in [2.24, 2.45) is 0 Å². The van der Waals surface area contributed by atoms with Gasteiger partial charge in [0.05, 0.1) is 0 Å². The fraction of sp³-hybridized carbons (Fsp3) is 0.421. The molecule has 0 unspecified atom stereocenters. The van der Waals surface area contributed by atoms with Crippen molar-refractivity contribution in [2.45, 2.75) is 31.8 Å². The second-order valence-electron chi connectivity index (χ2n) is 6.34. The Morgan fingerprint density at radius 3 is 2.88 bits per heavy atom. The fourth-order valence-corrected chi connectivity index (χ4v) is 3.77. The van der Waals surface area contributed by atoms with E-state index in [1.165, 1.54) is 11.1 Å². The topological polar surface area (TPSA) is 44.4 Å². The van der Waals surface area contributed by atoms with Crippen LogP contribution in [0.3, 0.4) is 0 Å². The number of likely N-dealkylation sites (tertiary alicyclic amines) is 1. The second kappa shape index (κ2) is 8.85. The van der Waals surface area contributed by atoms with E-state index in [1.807, 2.05) is 6.07 Å². The lowest BCUT2D eigenvalue weighted by molar-refractivity contribution is 0.236. The maximum atomic E-state index is 12.0. The number of benzene rings is 1. The van der Waals surface area contributed by atoms with Gasteiger partial charge in [0.2, 0.25) is 0 Å². The summed E-state index contributed by atoms with van der Waals surface area (Å²) in [7, 11) is 0. The van der Waals surface area contributed by atoms with Gasteiger partial charge in [0.1, 0.15) is 0 Å². The smallest absolute Gasteiger partial charge is 0.315 e. The molecule has 2 aromatic rings. The summed E-state index contributed by atoms with van der Waals surface area (Å²) in [6.45, 7) is 3.69.